The highest BCUT2D eigenvalue weighted by Crippen LogP contribution is 2.28. The Labute approximate surface area is 145 Å². The molecule has 3 nitrogen and oxygen atoms in total. The number of hydrogen-bond acceptors (Lipinski definition) is 3. The molecule has 0 amide bonds. The standard InChI is InChI=1S/C21H27N3/c1-15-7-8-18(11-16(15)2)21-20(12-22-23-21)14-24-10-9-17-5-3-4-6-19(17)13-24/h3-8,11,20-23H,9-10,12-14H2,1-2H3. The largest absolute Gasteiger partial charge is 0.298 e. The molecule has 3 heteroatoms. The molecule has 1 fully saturated rings. The Morgan fingerprint density at radius 1 is 1.04 bits per heavy atom. The molecule has 126 valence electrons. The van der Waals surface area contributed by atoms with Crippen molar-refractivity contribution in [2.45, 2.75) is 32.9 Å². The molecule has 0 aromatic heterocycles. The Morgan fingerprint density at radius 2 is 1.88 bits per heavy atom. The zero-order chi connectivity index (χ0) is 16.5. The first-order chi connectivity index (χ1) is 11.7. The maximum atomic E-state index is 3.50. The maximum absolute atomic E-state index is 3.50. The number of nitrogens with zero attached hydrogens (tertiary/aromatic N) is 1. The van der Waals surface area contributed by atoms with E-state index < -0.39 is 0 Å². The van der Waals surface area contributed by atoms with E-state index in [1.54, 1.807) is 0 Å². The van der Waals surface area contributed by atoms with Gasteiger partial charge >= 0.3 is 0 Å². The second-order valence-corrected chi connectivity index (χ2v) is 7.36. The van der Waals surface area contributed by atoms with Crippen LogP contribution in [0, 0.1) is 19.8 Å². The highest BCUT2D eigenvalue weighted by atomic mass is 15.4. The lowest BCUT2D eigenvalue weighted by molar-refractivity contribution is 0.209. The van der Waals surface area contributed by atoms with Gasteiger partial charge in [0.15, 0.2) is 0 Å². The molecule has 4 rings (SSSR count). The molecule has 2 heterocycles. The van der Waals surface area contributed by atoms with Crippen LogP contribution in [-0.4, -0.2) is 24.5 Å². The summed E-state index contributed by atoms with van der Waals surface area (Å²) in [6.07, 6.45) is 1.18. The highest BCUT2D eigenvalue weighted by Gasteiger charge is 2.30. The zero-order valence-corrected chi connectivity index (χ0v) is 14.7. The third-order valence-corrected chi connectivity index (χ3v) is 5.69. The lowest BCUT2D eigenvalue weighted by Crippen LogP contribution is -2.36. The lowest BCUT2D eigenvalue weighted by Gasteiger charge is -2.32. The monoisotopic (exact) mass is 321 g/mol. The van der Waals surface area contributed by atoms with Crippen LogP contribution in [0.5, 0.6) is 0 Å². The van der Waals surface area contributed by atoms with Crippen LogP contribution < -0.4 is 10.9 Å². The summed E-state index contributed by atoms with van der Waals surface area (Å²) in [7, 11) is 0. The van der Waals surface area contributed by atoms with Gasteiger partial charge in [-0.15, -0.1) is 0 Å². The van der Waals surface area contributed by atoms with Gasteiger partial charge in [-0.2, -0.15) is 0 Å². The molecule has 2 aliphatic rings. The van der Waals surface area contributed by atoms with Crippen LogP contribution in [0.25, 0.3) is 0 Å². The number of benzene rings is 2. The molecule has 2 aromatic carbocycles. The van der Waals surface area contributed by atoms with E-state index >= 15 is 0 Å². The predicted molar refractivity (Wildman–Crippen MR) is 98.7 cm³/mol. The van der Waals surface area contributed by atoms with Crippen LogP contribution in [0.15, 0.2) is 42.5 Å². The molecule has 0 radical (unpaired) electrons. The minimum atomic E-state index is 0.404. The van der Waals surface area contributed by atoms with E-state index in [1.807, 2.05) is 0 Å². The molecule has 0 spiro atoms. The Bertz CT molecular complexity index is 725. The van der Waals surface area contributed by atoms with Crippen LogP contribution in [-0.2, 0) is 13.0 Å². The van der Waals surface area contributed by atoms with Crippen LogP contribution >= 0.6 is 0 Å². The first-order valence-corrected chi connectivity index (χ1v) is 9.05. The van der Waals surface area contributed by atoms with Gasteiger partial charge in [-0.05, 0) is 48.1 Å². The van der Waals surface area contributed by atoms with Crippen molar-refractivity contribution in [3.63, 3.8) is 0 Å². The molecule has 2 unspecified atom stereocenters. The maximum Gasteiger partial charge on any atom is 0.0515 e. The molecule has 2 N–H and O–H groups in total. The van der Waals surface area contributed by atoms with E-state index in [0.29, 0.717) is 12.0 Å². The second kappa shape index (κ2) is 6.67. The van der Waals surface area contributed by atoms with Gasteiger partial charge in [-0.3, -0.25) is 10.3 Å². The molecule has 1 saturated heterocycles. The van der Waals surface area contributed by atoms with Gasteiger partial charge in [0.05, 0.1) is 6.04 Å². The first kappa shape index (κ1) is 15.8. The van der Waals surface area contributed by atoms with Crippen LogP contribution in [0.2, 0.25) is 0 Å². The number of hydrogen-bond donors (Lipinski definition) is 2. The molecule has 2 atom stereocenters. The fraction of sp³-hybridized carbons (Fsp3) is 0.429. The zero-order valence-electron chi connectivity index (χ0n) is 14.7. The second-order valence-electron chi connectivity index (χ2n) is 7.36. The molecule has 2 aliphatic heterocycles. The minimum Gasteiger partial charge on any atom is -0.298 e. The van der Waals surface area contributed by atoms with E-state index in [-0.39, 0.29) is 0 Å². The lowest BCUT2D eigenvalue weighted by atomic mass is 9.91. The van der Waals surface area contributed by atoms with E-state index in [1.165, 1.54) is 40.8 Å². The summed E-state index contributed by atoms with van der Waals surface area (Å²) in [5, 5.41) is 0. The molecular weight excluding hydrogens is 294 g/mol. The Hall–Kier alpha value is -1.68. The van der Waals surface area contributed by atoms with Gasteiger partial charge in [0.2, 0.25) is 0 Å². The van der Waals surface area contributed by atoms with Crippen molar-refractivity contribution in [2.75, 3.05) is 19.6 Å². The Morgan fingerprint density at radius 3 is 2.71 bits per heavy atom. The highest BCUT2D eigenvalue weighted by molar-refractivity contribution is 5.33. The van der Waals surface area contributed by atoms with E-state index in [9.17, 15) is 0 Å². The Balaban J connectivity index is 1.47. The summed E-state index contributed by atoms with van der Waals surface area (Å²) < 4.78 is 0. The summed E-state index contributed by atoms with van der Waals surface area (Å²) in [6.45, 7) is 8.83. The van der Waals surface area contributed by atoms with Crippen LogP contribution in [0.3, 0.4) is 0 Å². The Kier molecular flexibility index (Phi) is 4.40. The summed E-state index contributed by atoms with van der Waals surface area (Å²) in [5.74, 6) is 0.609. The van der Waals surface area contributed by atoms with Crippen molar-refractivity contribution in [3.8, 4) is 0 Å². The number of nitrogens with one attached hydrogen (secondary N) is 2. The van der Waals surface area contributed by atoms with Crippen molar-refractivity contribution in [1.29, 1.82) is 0 Å². The van der Waals surface area contributed by atoms with Crippen LogP contribution in [0.1, 0.15) is 33.9 Å². The fourth-order valence-electron chi connectivity index (χ4n) is 4.06. The minimum absolute atomic E-state index is 0.404. The van der Waals surface area contributed by atoms with Gasteiger partial charge in [0.25, 0.3) is 0 Å². The number of aryl methyl sites for hydroxylation is 2. The first-order valence-electron chi connectivity index (χ1n) is 9.05. The van der Waals surface area contributed by atoms with Gasteiger partial charge in [-0.1, -0.05) is 42.5 Å². The SMILES string of the molecule is Cc1ccc(C2NNCC2CN2CCc3ccccc3C2)cc1C. The van der Waals surface area contributed by atoms with E-state index in [2.05, 4.69) is 72.1 Å². The summed E-state index contributed by atoms with van der Waals surface area (Å²) in [6, 6.07) is 16.2. The normalized spacial score (nSPS) is 24.1. The number of hydrazine groups is 1. The molecule has 2 aromatic rings. The van der Waals surface area contributed by atoms with Crippen molar-refractivity contribution in [3.05, 3.63) is 70.3 Å². The third kappa shape index (κ3) is 3.12. The average molecular weight is 321 g/mol. The van der Waals surface area contributed by atoms with Crippen molar-refractivity contribution in [2.24, 2.45) is 5.92 Å². The smallest absolute Gasteiger partial charge is 0.0515 e. The van der Waals surface area contributed by atoms with Crippen LogP contribution in [0.4, 0.5) is 0 Å². The fourth-order valence-corrected chi connectivity index (χ4v) is 4.06. The topological polar surface area (TPSA) is 27.3 Å². The van der Waals surface area contributed by atoms with Gasteiger partial charge < -0.3 is 0 Å². The van der Waals surface area contributed by atoms with Gasteiger partial charge in [0.1, 0.15) is 0 Å². The summed E-state index contributed by atoms with van der Waals surface area (Å²) in [5.41, 5.74) is 14.1. The molecular formula is C21H27N3. The van der Waals surface area contributed by atoms with E-state index in [0.717, 1.165) is 19.6 Å². The van der Waals surface area contributed by atoms with Gasteiger partial charge in [-0.25, -0.2) is 5.43 Å². The summed E-state index contributed by atoms with van der Waals surface area (Å²) in [4.78, 5) is 2.62. The van der Waals surface area contributed by atoms with E-state index in [4.69, 9.17) is 0 Å². The number of fused-ring (bicyclic) bond motifs is 1. The van der Waals surface area contributed by atoms with Crippen molar-refractivity contribution >= 4 is 0 Å². The molecule has 0 saturated carbocycles. The molecule has 0 bridgehead atoms. The van der Waals surface area contributed by atoms with Gasteiger partial charge in [0, 0.05) is 32.1 Å². The predicted octanol–water partition coefficient (Wildman–Crippen LogP) is 3.13. The summed E-state index contributed by atoms with van der Waals surface area (Å²) >= 11 is 0. The molecule has 24 heavy (non-hydrogen) atoms. The molecule has 0 aliphatic carbocycles. The third-order valence-electron chi connectivity index (χ3n) is 5.69. The van der Waals surface area contributed by atoms with Crippen molar-refractivity contribution in [1.82, 2.24) is 15.8 Å². The number of rotatable bonds is 3. The van der Waals surface area contributed by atoms with Crippen molar-refractivity contribution < 1.29 is 0 Å². The average Bonchev–Trinajstić information content (AvgIpc) is 3.05. The quantitative estimate of drug-likeness (QED) is 0.909.